The third kappa shape index (κ3) is 5.76. The van der Waals surface area contributed by atoms with Crippen LogP contribution in [0.3, 0.4) is 0 Å². The second-order valence-corrected chi connectivity index (χ2v) is 6.33. The first-order chi connectivity index (χ1) is 11.9. The Morgan fingerprint density at radius 2 is 2.00 bits per heavy atom. The standard InChI is InChI=1S/C18H24ClN3O3/c1-5-24-15-7-13(14(19)8-16(15)25-11(2)3)9-20-10-17-21-12(4)6-18(23)22-17/h6-8,11,20H,5,9-10H2,1-4H3,(H,21,22,23). The molecule has 2 aromatic rings. The van der Waals surface area contributed by atoms with Gasteiger partial charge in [-0.25, -0.2) is 4.98 Å². The van der Waals surface area contributed by atoms with Crippen LogP contribution in [0.15, 0.2) is 23.0 Å². The van der Waals surface area contributed by atoms with E-state index in [0.717, 1.165) is 5.56 Å². The maximum absolute atomic E-state index is 11.5. The van der Waals surface area contributed by atoms with Gasteiger partial charge in [-0.1, -0.05) is 11.6 Å². The Labute approximate surface area is 152 Å². The molecule has 2 rings (SSSR count). The highest BCUT2D eigenvalue weighted by atomic mass is 35.5. The van der Waals surface area contributed by atoms with Crippen molar-refractivity contribution in [3.8, 4) is 11.5 Å². The van der Waals surface area contributed by atoms with Crippen LogP contribution in [0.1, 0.15) is 37.9 Å². The SMILES string of the molecule is CCOc1cc(CNCc2nc(C)cc(=O)[nH]2)c(Cl)cc1OC(C)C. The van der Waals surface area contributed by atoms with Crippen molar-refractivity contribution in [1.82, 2.24) is 15.3 Å². The van der Waals surface area contributed by atoms with Crippen molar-refractivity contribution in [3.05, 3.63) is 50.7 Å². The van der Waals surface area contributed by atoms with Gasteiger partial charge in [0, 0.05) is 29.4 Å². The molecule has 7 heteroatoms. The Morgan fingerprint density at radius 3 is 2.64 bits per heavy atom. The molecule has 1 aromatic heterocycles. The Bertz CT molecular complexity index is 775. The minimum Gasteiger partial charge on any atom is -0.490 e. The zero-order valence-corrected chi connectivity index (χ0v) is 15.7. The fraction of sp³-hybridized carbons (Fsp3) is 0.444. The van der Waals surface area contributed by atoms with E-state index in [9.17, 15) is 4.79 Å². The molecule has 0 atom stereocenters. The Morgan fingerprint density at radius 1 is 1.24 bits per heavy atom. The van der Waals surface area contributed by atoms with E-state index in [4.69, 9.17) is 21.1 Å². The van der Waals surface area contributed by atoms with E-state index in [0.29, 0.717) is 47.7 Å². The first-order valence-electron chi connectivity index (χ1n) is 8.28. The van der Waals surface area contributed by atoms with Gasteiger partial charge in [-0.2, -0.15) is 0 Å². The highest BCUT2D eigenvalue weighted by Gasteiger charge is 2.12. The van der Waals surface area contributed by atoms with Gasteiger partial charge in [-0.3, -0.25) is 4.79 Å². The molecule has 0 aliphatic heterocycles. The molecule has 0 fully saturated rings. The molecule has 0 aliphatic rings. The van der Waals surface area contributed by atoms with Crippen molar-refractivity contribution in [3.63, 3.8) is 0 Å². The average molecular weight is 366 g/mol. The Hall–Kier alpha value is -2.05. The predicted octanol–water partition coefficient (Wildman–Crippen LogP) is 3.21. The first kappa shape index (κ1) is 19.3. The van der Waals surface area contributed by atoms with Crippen molar-refractivity contribution < 1.29 is 9.47 Å². The minimum absolute atomic E-state index is 0.0310. The van der Waals surface area contributed by atoms with Gasteiger partial charge in [0.05, 0.1) is 19.3 Å². The third-order valence-corrected chi connectivity index (χ3v) is 3.65. The maximum Gasteiger partial charge on any atom is 0.251 e. The molecule has 1 heterocycles. The number of aryl methyl sites for hydroxylation is 1. The normalized spacial score (nSPS) is 11.0. The number of rotatable bonds is 8. The molecule has 136 valence electrons. The number of aromatic nitrogens is 2. The van der Waals surface area contributed by atoms with E-state index < -0.39 is 0 Å². The Balaban J connectivity index is 2.10. The second kappa shape index (κ2) is 8.87. The molecule has 25 heavy (non-hydrogen) atoms. The molecular formula is C18H24ClN3O3. The first-order valence-corrected chi connectivity index (χ1v) is 8.66. The fourth-order valence-corrected chi connectivity index (χ4v) is 2.59. The summed E-state index contributed by atoms with van der Waals surface area (Å²) in [6.45, 7) is 9.10. The largest absolute Gasteiger partial charge is 0.490 e. The number of hydrogen-bond donors (Lipinski definition) is 2. The molecule has 0 bridgehead atoms. The van der Waals surface area contributed by atoms with Crippen LogP contribution in [0, 0.1) is 6.92 Å². The quantitative estimate of drug-likeness (QED) is 0.751. The fourth-order valence-electron chi connectivity index (χ4n) is 2.37. The third-order valence-electron chi connectivity index (χ3n) is 3.30. The summed E-state index contributed by atoms with van der Waals surface area (Å²) in [5, 5.41) is 3.82. The van der Waals surface area contributed by atoms with Crippen molar-refractivity contribution >= 4 is 11.6 Å². The van der Waals surface area contributed by atoms with Crippen LogP contribution in [0.4, 0.5) is 0 Å². The molecular weight excluding hydrogens is 342 g/mol. The van der Waals surface area contributed by atoms with Crippen LogP contribution in [-0.2, 0) is 13.1 Å². The molecule has 0 spiro atoms. The van der Waals surface area contributed by atoms with Crippen LogP contribution in [0.5, 0.6) is 11.5 Å². The van der Waals surface area contributed by atoms with Gasteiger partial charge in [0.2, 0.25) is 0 Å². The van der Waals surface area contributed by atoms with E-state index in [1.165, 1.54) is 6.07 Å². The lowest BCUT2D eigenvalue weighted by Crippen LogP contribution is -2.19. The molecule has 2 N–H and O–H groups in total. The second-order valence-electron chi connectivity index (χ2n) is 5.93. The van der Waals surface area contributed by atoms with Crippen LogP contribution in [0.2, 0.25) is 5.02 Å². The molecule has 0 unspecified atom stereocenters. The number of benzene rings is 1. The summed E-state index contributed by atoms with van der Waals surface area (Å²) in [7, 11) is 0. The number of nitrogens with zero attached hydrogens (tertiary/aromatic N) is 1. The van der Waals surface area contributed by atoms with E-state index in [-0.39, 0.29) is 11.7 Å². The summed E-state index contributed by atoms with van der Waals surface area (Å²) < 4.78 is 11.4. The van der Waals surface area contributed by atoms with Crippen molar-refractivity contribution in [2.24, 2.45) is 0 Å². The Kier molecular flexibility index (Phi) is 6.84. The van der Waals surface area contributed by atoms with Gasteiger partial charge in [-0.15, -0.1) is 0 Å². The summed E-state index contributed by atoms with van der Waals surface area (Å²) in [6, 6.07) is 5.11. The van der Waals surface area contributed by atoms with E-state index >= 15 is 0 Å². The summed E-state index contributed by atoms with van der Waals surface area (Å²) in [5.41, 5.74) is 1.42. The van der Waals surface area contributed by atoms with Crippen molar-refractivity contribution in [2.45, 2.75) is 46.9 Å². The molecule has 6 nitrogen and oxygen atoms in total. The van der Waals surface area contributed by atoms with Gasteiger partial charge >= 0.3 is 0 Å². The number of H-pyrrole nitrogens is 1. The van der Waals surface area contributed by atoms with Gasteiger partial charge in [0.15, 0.2) is 11.5 Å². The molecule has 1 aromatic carbocycles. The molecule has 0 saturated heterocycles. The van der Waals surface area contributed by atoms with Gasteiger partial charge in [0.25, 0.3) is 5.56 Å². The molecule has 0 amide bonds. The van der Waals surface area contributed by atoms with E-state index in [1.54, 1.807) is 13.0 Å². The smallest absolute Gasteiger partial charge is 0.251 e. The average Bonchev–Trinajstić information content (AvgIpc) is 2.50. The number of nitrogens with one attached hydrogen (secondary N) is 2. The van der Waals surface area contributed by atoms with Crippen molar-refractivity contribution in [2.75, 3.05) is 6.61 Å². The van der Waals surface area contributed by atoms with E-state index in [1.807, 2.05) is 26.8 Å². The zero-order valence-electron chi connectivity index (χ0n) is 15.0. The van der Waals surface area contributed by atoms with Gasteiger partial charge in [0.1, 0.15) is 5.82 Å². The van der Waals surface area contributed by atoms with Crippen LogP contribution >= 0.6 is 11.6 Å². The lowest BCUT2D eigenvalue weighted by Gasteiger charge is -2.17. The zero-order chi connectivity index (χ0) is 18.4. The molecule has 0 aliphatic carbocycles. The topological polar surface area (TPSA) is 76.2 Å². The van der Waals surface area contributed by atoms with Crippen molar-refractivity contribution in [1.29, 1.82) is 0 Å². The summed E-state index contributed by atoms with van der Waals surface area (Å²) in [4.78, 5) is 18.5. The minimum atomic E-state index is -0.156. The summed E-state index contributed by atoms with van der Waals surface area (Å²) in [5.74, 6) is 1.89. The molecule has 0 radical (unpaired) electrons. The van der Waals surface area contributed by atoms with Gasteiger partial charge in [-0.05, 0) is 39.3 Å². The summed E-state index contributed by atoms with van der Waals surface area (Å²) >= 11 is 6.37. The van der Waals surface area contributed by atoms with Crippen LogP contribution in [-0.4, -0.2) is 22.7 Å². The van der Waals surface area contributed by atoms with Crippen LogP contribution in [0.25, 0.3) is 0 Å². The summed E-state index contributed by atoms with van der Waals surface area (Å²) in [6.07, 6.45) is 0.0310. The number of hydrogen-bond acceptors (Lipinski definition) is 5. The monoisotopic (exact) mass is 365 g/mol. The number of aromatic amines is 1. The van der Waals surface area contributed by atoms with Crippen LogP contribution < -0.4 is 20.3 Å². The lowest BCUT2D eigenvalue weighted by atomic mass is 10.2. The van der Waals surface area contributed by atoms with E-state index in [2.05, 4.69) is 15.3 Å². The lowest BCUT2D eigenvalue weighted by molar-refractivity contribution is 0.223. The molecule has 0 saturated carbocycles. The number of ether oxygens (including phenoxy) is 2. The maximum atomic E-state index is 11.5. The highest BCUT2D eigenvalue weighted by Crippen LogP contribution is 2.34. The number of halogens is 1. The highest BCUT2D eigenvalue weighted by molar-refractivity contribution is 6.31. The van der Waals surface area contributed by atoms with Gasteiger partial charge < -0.3 is 19.8 Å². The predicted molar refractivity (Wildman–Crippen MR) is 98.5 cm³/mol.